The van der Waals surface area contributed by atoms with Gasteiger partial charge in [-0.3, -0.25) is 0 Å². The predicted octanol–water partition coefficient (Wildman–Crippen LogP) is 2.73. The van der Waals surface area contributed by atoms with Gasteiger partial charge >= 0.3 is 9.53 Å². The van der Waals surface area contributed by atoms with Gasteiger partial charge in [0, 0.05) is 25.9 Å². The zero-order chi connectivity index (χ0) is 16.2. The Morgan fingerprint density at radius 3 is 1.71 bits per heavy atom. The minimum absolute atomic E-state index is 0.0502. The SMILES string of the molecule is CO[SiH](OC)OC(C)CCc1c(F)c(F)c(F)c(F)c1F. The van der Waals surface area contributed by atoms with Gasteiger partial charge in [-0.2, -0.15) is 0 Å². The van der Waals surface area contributed by atoms with Crippen LogP contribution in [0.3, 0.4) is 0 Å². The Labute approximate surface area is 120 Å². The van der Waals surface area contributed by atoms with Crippen LogP contribution in [0.25, 0.3) is 0 Å². The molecule has 1 aromatic rings. The van der Waals surface area contributed by atoms with Crippen molar-refractivity contribution in [1.29, 1.82) is 0 Å². The van der Waals surface area contributed by atoms with Crippen molar-refractivity contribution < 1.29 is 35.2 Å². The van der Waals surface area contributed by atoms with Crippen molar-refractivity contribution in [1.82, 2.24) is 0 Å². The minimum atomic E-state index is -2.32. The summed E-state index contributed by atoms with van der Waals surface area (Å²) in [5.41, 5.74) is -0.852. The van der Waals surface area contributed by atoms with Crippen molar-refractivity contribution in [3.63, 3.8) is 0 Å². The fourth-order valence-corrected chi connectivity index (χ4v) is 2.61. The Hall–Kier alpha value is -1.03. The van der Waals surface area contributed by atoms with Crippen molar-refractivity contribution in [3.05, 3.63) is 34.6 Å². The summed E-state index contributed by atoms with van der Waals surface area (Å²) in [6.45, 7) is 1.59. The molecular formula is C12H15F5O3Si. The molecule has 0 aliphatic heterocycles. The summed E-state index contributed by atoms with van der Waals surface area (Å²) in [5.74, 6) is -9.68. The third kappa shape index (κ3) is 4.22. The van der Waals surface area contributed by atoms with Crippen molar-refractivity contribution in [2.75, 3.05) is 14.2 Å². The van der Waals surface area contributed by atoms with Gasteiger partial charge in [-0.05, 0) is 19.8 Å². The van der Waals surface area contributed by atoms with E-state index < -0.39 is 50.3 Å². The van der Waals surface area contributed by atoms with Gasteiger partial charge in [0.15, 0.2) is 23.3 Å². The van der Waals surface area contributed by atoms with Crippen LogP contribution in [0.1, 0.15) is 18.9 Å². The molecule has 0 heterocycles. The molecule has 3 nitrogen and oxygen atoms in total. The normalized spacial score (nSPS) is 13.0. The van der Waals surface area contributed by atoms with Crippen LogP contribution < -0.4 is 0 Å². The van der Waals surface area contributed by atoms with Crippen LogP contribution in [0.5, 0.6) is 0 Å². The van der Waals surface area contributed by atoms with E-state index in [9.17, 15) is 22.0 Å². The van der Waals surface area contributed by atoms with Crippen LogP contribution in [0.4, 0.5) is 22.0 Å². The molecule has 0 fully saturated rings. The van der Waals surface area contributed by atoms with E-state index in [1.807, 2.05) is 0 Å². The summed E-state index contributed by atoms with van der Waals surface area (Å²) < 4.78 is 80.9. The van der Waals surface area contributed by atoms with Gasteiger partial charge in [-0.15, -0.1) is 0 Å². The van der Waals surface area contributed by atoms with E-state index in [1.165, 1.54) is 14.2 Å². The molecule has 21 heavy (non-hydrogen) atoms. The molecule has 9 heteroatoms. The number of rotatable bonds is 7. The van der Waals surface area contributed by atoms with E-state index in [0.717, 1.165) is 0 Å². The Balaban J connectivity index is 2.81. The molecule has 1 atom stereocenters. The lowest BCUT2D eigenvalue weighted by atomic mass is 10.1. The molecule has 0 aliphatic carbocycles. The lowest BCUT2D eigenvalue weighted by Crippen LogP contribution is -2.29. The van der Waals surface area contributed by atoms with Crippen molar-refractivity contribution in [2.24, 2.45) is 0 Å². The first-order chi connectivity index (χ1) is 9.83. The lowest BCUT2D eigenvalue weighted by molar-refractivity contribution is 0.0905. The maximum absolute atomic E-state index is 13.4. The molecule has 0 saturated carbocycles. The molecular weight excluding hydrogens is 315 g/mol. The number of benzene rings is 1. The number of halogens is 5. The summed E-state index contributed by atoms with van der Waals surface area (Å²) in [7, 11) is 0.449. The van der Waals surface area contributed by atoms with Crippen LogP contribution in [-0.4, -0.2) is 29.9 Å². The molecule has 1 unspecified atom stereocenters. The summed E-state index contributed by atoms with van der Waals surface area (Å²) in [6.07, 6.45) is -0.827. The largest absolute Gasteiger partial charge is 0.483 e. The first-order valence-electron chi connectivity index (χ1n) is 6.04. The third-order valence-electron chi connectivity index (χ3n) is 2.83. The van der Waals surface area contributed by atoms with Crippen LogP contribution in [0.15, 0.2) is 0 Å². The average Bonchev–Trinajstić information content (AvgIpc) is 2.48. The van der Waals surface area contributed by atoms with E-state index in [2.05, 4.69) is 0 Å². The van der Waals surface area contributed by atoms with Gasteiger partial charge in [-0.1, -0.05) is 0 Å². The maximum atomic E-state index is 13.4. The Morgan fingerprint density at radius 2 is 1.29 bits per heavy atom. The smallest absolute Gasteiger partial charge is 0.379 e. The second-order valence-electron chi connectivity index (χ2n) is 4.29. The van der Waals surface area contributed by atoms with E-state index in [1.54, 1.807) is 6.92 Å². The second kappa shape index (κ2) is 7.83. The van der Waals surface area contributed by atoms with Gasteiger partial charge in [-0.25, -0.2) is 22.0 Å². The van der Waals surface area contributed by atoms with Crippen molar-refractivity contribution in [3.8, 4) is 0 Å². The van der Waals surface area contributed by atoms with Gasteiger partial charge in [0.2, 0.25) is 5.82 Å². The number of hydrogen-bond acceptors (Lipinski definition) is 3. The highest BCUT2D eigenvalue weighted by atomic mass is 28.3. The van der Waals surface area contributed by atoms with Crippen molar-refractivity contribution >= 4 is 9.53 Å². The van der Waals surface area contributed by atoms with E-state index in [4.69, 9.17) is 13.3 Å². The fraction of sp³-hybridized carbons (Fsp3) is 0.500. The average molecular weight is 330 g/mol. The first kappa shape index (κ1) is 18.0. The summed E-state index contributed by atoms with van der Waals surface area (Å²) in [4.78, 5) is 0. The highest BCUT2D eigenvalue weighted by Crippen LogP contribution is 2.24. The van der Waals surface area contributed by atoms with Crippen LogP contribution >= 0.6 is 0 Å². The van der Waals surface area contributed by atoms with E-state index in [-0.39, 0.29) is 12.8 Å². The molecule has 120 valence electrons. The molecule has 1 aromatic carbocycles. The summed E-state index contributed by atoms with van der Waals surface area (Å²) in [6, 6.07) is 0. The molecule has 0 amide bonds. The van der Waals surface area contributed by atoms with Gasteiger partial charge in [0.05, 0.1) is 0 Å². The van der Waals surface area contributed by atoms with Crippen LogP contribution in [-0.2, 0) is 19.7 Å². The predicted molar refractivity (Wildman–Crippen MR) is 66.3 cm³/mol. The van der Waals surface area contributed by atoms with Crippen LogP contribution in [0, 0.1) is 29.1 Å². The topological polar surface area (TPSA) is 27.7 Å². The third-order valence-corrected chi connectivity index (χ3v) is 4.29. The zero-order valence-electron chi connectivity index (χ0n) is 11.7. The van der Waals surface area contributed by atoms with E-state index in [0.29, 0.717) is 0 Å². The van der Waals surface area contributed by atoms with Gasteiger partial charge in [0.25, 0.3) is 0 Å². The molecule has 0 radical (unpaired) electrons. The fourth-order valence-electron chi connectivity index (χ4n) is 1.68. The second-order valence-corrected chi connectivity index (χ2v) is 6.09. The molecule has 1 rings (SSSR count). The summed E-state index contributed by atoms with van der Waals surface area (Å²) >= 11 is 0. The molecule has 0 aliphatic rings. The molecule has 0 aromatic heterocycles. The molecule has 0 N–H and O–H groups in total. The Morgan fingerprint density at radius 1 is 0.857 bits per heavy atom. The van der Waals surface area contributed by atoms with Gasteiger partial charge in [0.1, 0.15) is 0 Å². The lowest BCUT2D eigenvalue weighted by Gasteiger charge is -2.18. The highest BCUT2D eigenvalue weighted by molar-refractivity contribution is 6.36. The Bertz CT molecular complexity index is 467. The molecule has 0 bridgehead atoms. The number of hydrogen-bond donors (Lipinski definition) is 0. The summed E-state index contributed by atoms with van der Waals surface area (Å²) in [5, 5.41) is 0. The monoisotopic (exact) mass is 330 g/mol. The molecule has 0 spiro atoms. The minimum Gasteiger partial charge on any atom is -0.379 e. The zero-order valence-corrected chi connectivity index (χ0v) is 12.8. The van der Waals surface area contributed by atoms with Crippen LogP contribution in [0.2, 0.25) is 0 Å². The highest BCUT2D eigenvalue weighted by Gasteiger charge is 2.26. The van der Waals surface area contributed by atoms with Crippen molar-refractivity contribution in [2.45, 2.75) is 25.9 Å². The standard InChI is InChI=1S/C12H15F5O3Si/c1-6(20-21(18-2)19-3)4-5-7-8(13)10(15)12(17)11(16)9(7)14/h6,21H,4-5H2,1-3H3. The van der Waals surface area contributed by atoms with E-state index >= 15 is 0 Å². The maximum Gasteiger partial charge on any atom is 0.483 e. The first-order valence-corrected chi connectivity index (χ1v) is 7.46. The van der Waals surface area contributed by atoms with Gasteiger partial charge < -0.3 is 13.3 Å². The Kier molecular flexibility index (Phi) is 6.72. The molecule has 0 saturated heterocycles. The quantitative estimate of drug-likeness (QED) is 0.333.